The van der Waals surface area contributed by atoms with Crippen molar-refractivity contribution in [1.29, 1.82) is 0 Å². The Morgan fingerprint density at radius 3 is 2.52 bits per heavy atom. The van der Waals surface area contributed by atoms with Gasteiger partial charge in [0.2, 0.25) is 5.91 Å². The molecule has 3 N–H and O–H groups in total. The number of esters is 1. The first-order valence-corrected chi connectivity index (χ1v) is 8.02. The van der Waals surface area contributed by atoms with Crippen molar-refractivity contribution in [2.24, 2.45) is 0 Å². The van der Waals surface area contributed by atoms with Crippen molar-refractivity contribution >= 4 is 46.7 Å². The fourth-order valence-corrected chi connectivity index (χ4v) is 1.96. The monoisotopic (exact) mass is 387 g/mol. The molecule has 0 unspecified atom stereocenters. The zero-order valence-corrected chi connectivity index (χ0v) is 15.0. The minimum atomic E-state index is -0.516. The molecule has 0 atom stereocenters. The molecule has 25 heavy (non-hydrogen) atoms. The van der Waals surface area contributed by atoms with Gasteiger partial charge in [0.25, 0.3) is 5.91 Å². The van der Waals surface area contributed by atoms with Crippen molar-refractivity contribution in [2.45, 2.75) is 12.8 Å². The first kappa shape index (κ1) is 20.8. The van der Waals surface area contributed by atoms with Crippen LogP contribution in [0.15, 0.2) is 24.3 Å². The molecule has 0 bridgehead atoms. The van der Waals surface area contributed by atoms with Gasteiger partial charge in [-0.15, -0.1) is 0 Å². The molecule has 0 aliphatic carbocycles. The van der Waals surface area contributed by atoms with Crippen molar-refractivity contribution in [1.82, 2.24) is 16.2 Å². The van der Waals surface area contributed by atoms with Gasteiger partial charge in [-0.25, -0.2) is 0 Å². The molecule has 0 saturated heterocycles. The maximum Gasteiger partial charge on any atom is 0.306 e. The zero-order valence-electron chi connectivity index (χ0n) is 13.5. The molecule has 0 fully saturated rings. The Hall–Kier alpha value is -2.23. The van der Waals surface area contributed by atoms with Gasteiger partial charge in [0.05, 0.1) is 23.6 Å². The average molecular weight is 388 g/mol. The molecule has 0 heterocycles. The Labute approximate surface area is 155 Å². The zero-order chi connectivity index (χ0) is 18.7. The van der Waals surface area contributed by atoms with Gasteiger partial charge in [-0.2, -0.15) is 0 Å². The third-order valence-electron chi connectivity index (χ3n) is 2.77. The van der Waals surface area contributed by atoms with E-state index in [9.17, 15) is 14.4 Å². The molecule has 0 saturated carbocycles. The summed E-state index contributed by atoms with van der Waals surface area (Å²) in [5.41, 5.74) is 4.94. The molecule has 0 aliphatic heterocycles. The summed E-state index contributed by atoms with van der Waals surface area (Å²) in [5, 5.41) is 2.49. The van der Waals surface area contributed by atoms with Crippen LogP contribution in [0.1, 0.15) is 23.2 Å². The van der Waals surface area contributed by atoms with E-state index >= 15 is 0 Å². The maximum absolute atomic E-state index is 11.9. The van der Waals surface area contributed by atoms with E-state index in [2.05, 4.69) is 16.2 Å². The van der Waals surface area contributed by atoms with E-state index in [4.69, 9.17) is 33.3 Å². The smallest absolute Gasteiger partial charge is 0.306 e. The molecule has 10 heteroatoms. The van der Waals surface area contributed by atoms with Crippen LogP contribution in [0.3, 0.4) is 0 Å². The van der Waals surface area contributed by atoms with Crippen LogP contribution in [-0.4, -0.2) is 43.2 Å². The topological polar surface area (TPSA) is 106 Å². The van der Waals surface area contributed by atoms with E-state index in [1.54, 1.807) is 18.2 Å². The van der Waals surface area contributed by atoms with Gasteiger partial charge in [-0.05, 0) is 24.4 Å². The molecule has 8 nitrogen and oxygen atoms in total. The van der Waals surface area contributed by atoms with E-state index in [-0.39, 0.29) is 41.8 Å². The van der Waals surface area contributed by atoms with Crippen LogP contribution in [0.5, 0.6) is 0 Å². The van der Waals surface area contributed by atoms with Crippen LogP contribution in [0.4, 0.5) is 0 Å². The van der Waals surface area contributed by atoms with Crippen LogP contribution in [0, 0.1) is 0 Å². The van der Waals surface area contributed by atoms with E-state index in [1.807, 2.05) is 0 Å². The van der Waals surface area contributed by atoms with Gasteiger partial charge in [0, 0.05) is 13.5 Å². The lowest BCUT2D eigenvalue weighted by Crippen LogP contribution is -2.48. The fraction of sp³-hybridized carbons (Fsp3) is 0.333. The molecule has 1 rings (SSSR count). The second-order valence-electron chi connectivity index (χ2n) is 4.65. The van der Waals surface area contributed by atoms with Crippen LogP contribution < -0.4 is 16.2 Å². The van der Waals surface area contributed by atoms with Gasteiger partial charge >= 0.3 is 5.97 Å². The molecule has 0 radical (unpaired) electrons. The van der Waals surface area contributed by atoms with Gasteiger partial charge < -0.3 is 14.8 Å². The first-order chi connectivity index (χ1) is 11.9. The Bertz CT molecular complexity index is 641. The van der Waals surface area contributed by atoms with Crippen molar-refractivity contribution < 1.29 is 23.9 Å². The number of hydrogen-bond donors (Lipinski definition) is 3. The Balaban J connectivity index is 2.27. The normalized spacial score (nSPS) is 9.84. The Morgan fingerprint density at radius 1 is 1.12 bits per heavy atom. The summed E-state index contributed by atoms with van der Waals surface area (Å²) < 4.78 is 9.55. The third kappa shape index (κ3) is 8.43. The minimum Gasteiger partial charge on any atom is -0.463 e. The number of nitrogens with one attached hydrogen (secondary N) is 3. The van der Waals surface area contributed by atoms with Gasteiger partial charge in [-0.1, -0.05) is 23.7 Å². The molecule has 1 aromatic carbocycles. The number of halogens is 1. The number of rotatable bonds is 7. The van der Waals surface area contributed by atoms with Crippen LogP contribution in [0.25, 0.3) is 0 Å². The second-order valence-corrected chi connectivity index (χ2v) is 5.46. The molecular formula is C15H18ClN3O5S. The number of amides is 2. The summed E-state index contributed by atoms with van der Waals surface area (Å²) in [6.45, 7) is 0.419. The number of hydrogen-bond acceptors (Lipinski definition) is 6. The summed E-state index contributed by atoms with van der Waals surface area (Å²) in [6, 6.07) is 6.46. The number of carbonyl (C=O) groups is 3. The summed E-state index contributed by atoms with van der Waals surface area (Å²) in [7, 11) is 1.49. The van der Waals surface area contributed by atoms with Crippen LogP contribution in [-0.2, 0) is 19.1 Å². The SMILES string of the molecule is COCCOC(=O)CCC(=O)NC(=S)NNC(=O)c1ccccc1Cl. The van der Waals surface area contributed by atoms with Crippen LogP contribution >= 0.6 is 23.8 Å². The highest BCUT2D eigenvalue weighted by molar-refractivity contribution is 7.80. The fourth-order valence-electron chi connectivity index (χ4n) is 1.57. The van der Waals surface area contributed by atoms with Gasteiger partial charge in [0.15, 0.2) is 5.11 Å². The standard InChI is InChI=1S/C15H18ClN3O5S/c1-23-8-9-24-13(21)7-6-12(20)17-15(25)19-18-14(22)10-4-2-3-5-11(10)16/h2-5H,6-9H2,1H3,(H,18,22)(H2,17,19,20,25). The van der Waals surface area contributed by atoms with Crippen molar-refractivity contribution in [3.05, 3.63) is 34.9 Å². The minimum absolute atomic E-state index is 0.0931. The Kier molecular flexibility index (Phi) is 9.45. The largest absolute Gasteiger partial charge is 0.463 e. The van der Waals surface area contributed by atoms with Crippen molar-refractivity contribution in [2.75, 3.05) is 20.3 Å². The molecule has 2 amide bonds. The van der Waals surface area contributed by atoms with Gasteiger partial charge in [-0.3, -0.25) is 25.2 Å². The number of methoxy groups -OCH3 is 1. The average Bonchev–Trinajstić information content (AvgIpc) is 2.58. The highest BCUT2D eigenvalue weighted by Gasteiger charge is 2.12. The Morgan fingerprint density at radius 2 is 1.84 bits per heavy atom. The number of hydrazine groups is 1. The summed E-state index contributed by atoms with van der Waals surface area (Å²) >= 11 is 10.8. The van der Waals surface area contributed by atoms with Gasteiger partial charge in [0.1, 0.15) is 6.61 Å². The van der Waals surface area contributed by atoms with Crippen LogP contribution in [0.2, 0.25) is 5.02 Å². The molecular weight excluding hydrogens is 370 g/mol. The highest BCUT2D eigenvalue weighted by Crippen LogP contribution is 2.13. The molecule has 0 spiro atoms. The van der Waals surface area contributed by atoms with E-state index in [0.29, 0.717) is 0 Å². The summed E-state index contributed by atoms with van der Waals surface area (Å²) in [5.74, 6) is -1.52. The molecule has 1 aromatic rings. The second kappa shape index (κ2) is 11.3. The lowest BCUT2D eigenvalue weighted by atomic mass is 10.2. The number of ether oxygens (including phenoxy) is 2. The maximum atomic E-state index is 11.9. The van der Waals surface area contributed by atoms with Crippen molar-refractivity contribution in [3.8, 4) is 0 Å². The third-order valence-corrected chi connectivity index (χ3v) is 3.30. The number of carbonyl (C=O) groups excluding carboxylic acids is 3. The van der Waals surface area contributed by atoms with E-state index in [0.717, 1.165) is 0 Å². The lowest BCUT2D eigenvalue weighted by molar-refractivity contribution is -0.146. The predicted molar refractivity (Wildman–Crippen MR) is 94.9 cm³/mol. The quantitative estimate of drug-likeness (QED) is 0.277. The van der Waals surface area contributed by atoms with E-state index in [1.165, 1.54) is 13.2 Å². The molecule has 136 valence electrons. The van der Waals surface area contributed by atoms with E-state index < -0.39 is 17.8 Å². The lowest BCUT2D eigenvalue weighted by Gasteiger charge is -2.11. The summed E-state index contributed by atoms with van der Waals surface area (Å²) in [6.07, 6.45) is -0.198. The first-order valence-electron chi connectivity index (χ1n) is 7.23. The highest BCUT2D eigenvalue weighted by atomic mass is 35.5. The van der Waals surface area contributed by atoms with Crippen molar-refractivity contribution in [3.63, 3.8) is 0 Å². The number of benzene rings is 1. The molecule has 0 aliphatic rings. The summed E-state index contributed by atoms with van der Waals surface area (Å²) in [4.78, 5) is 34.9. The molecule has 0 aromatic heterocycles. The number of thiocarbonyl (C=S) groups is 1. The predicted octanol–water partition coefficient (Wildman–Crippen LogP) is 0.945.